The van der Waals surface area contributed by atoms with Crippen LogP contribution in [0, 0.1) is 22.7 Å². The molecule has 6 atom stereocenters. The van der Waals surface area contributed by atoms with E-state index in [1.165, 1.54) is 44.9 Å². The quantitative estimate of drug-likeness (QED) is 0.377. The zero-order chi connectivity index (χ0) is 28.1. The summed E-state index contributed by atoms with van der Waals surface area (Å²) in [6.45, 7) is 26.0. The first-order valence-corrected chi connectivity index (χ1v) is 15.4. The van der Waals surface area contributed by atoms with Gasteiger partial charge in [0.2, 0.25) is 0 Å². The van der Waals surface area contributed by atoms with E-state index in [2.05, 4.69) is 92.9 Å². The average molecular weight is 517 g/mol. The second-order valence-electron chi connectivity index (χ2n) is 16.8. The van der Waals surface area contributed by atoms with Crippen LogP contribution in [-0.4, -0.2) is 56.6 Å². The van der Waals surface area contributed by atoms with Gasteiger partial charge in [0.05, 0.1) is 12.1 Å². The van der Waals surface area contributed by atoms with Gasteiger partial charge in [0.25, 0.3) is 0 Å². The second kappa shape index (κ2) is 10.7. The Labute approximate surface area is 229 Å². The highest BCUT2D eigenvalue weighted by Gasteiger charge is 2.52. The molecule has 0 aromatic carbocycles. The lowest BCUT2D eigenvalue weighted by Gasteiger charge is -2.43. The van der Waals surface area contributed by atoms with Gasteiger partial charge >= 0.3 is 0 Å². The number of ketones is 2. The Balaban J connectivity index is 0.000000206. The van der Waals surface area contributed by atoms with Gasteiger partial charge in [-0.05, 0) is 91.9 Å². The number of hydrogen-bond acceptors (Lipinski definition) is 4. The van der Waals surface area contributed by atoms with Crippen molar-refractivity contribution in [2.75, 3.05) is 0 Å². The molecule has 0 spiro atoms. The number of hydrogen-bond donors (Lipinski definition) is 0. The maximum Gasteiger partial charge on any atom is 0.155 e. The van der Waals surface area contributed by atoms with Crippen molar-refractivity contribution in [1.29, 1.82) is 0 Å². The minimum atomic E-state index is -0.221. The lowest BCUT2D eigenvalue weighted by molar-refractivity contribution is -0.134. The molecule has 0 amide bonds. The van der Waals surface area contributed by atoms with E-state index >= 15 is 0 Å². The van der Waals surface area contributed by atoms with Crippen LogP contribution in [0.1, 0.15) is 141 Å². The van der Waals surface area contributed by atoms with E-state index in [1.807, 2.05) is 0 Å². The molecular formula is C33H60N2O2. The van der Waals surface area contributed by atoms with Crippen molar-refractivity contribution in [3.63, 3.8) is 0 Å². The first-order valence-electron chi connectivity index (χ1n) is 15.4. The predicted molar refractivity (Wildman–Crippen MR) is 156 cm³/mol. The van der Waals surface area contributed by atoms with Crippen LogP contribution >= 0.6 is 0 Å². The zero-order valence-electron chi connectivity index (χ0n) is 26.5. The summed E-state index contributed by atoms with van der Waals surface area (Å²) in [5, 5.41) is 0. The van der Waals surface area contributed by atoms with Crippen molar-refractivity contribution >= 4 is 11.6 Å². The molecule has 2 heterocycles. The van der Waals surface area contributed by atoms with Crippen molar-refractivity contribution in [1.82, 2.24) is 9.80 Å². The standard InChI is InChI=1S/C17H31NO.C16H29NO/c1-16(2,3)15(19)14-11-12-9-7-8-10-13(12)18(14)17(4,5)6;1-15(2,3)14(18)13-10-11-8-7-9-12(11)17(13)16(4,5)6/h12-14H,7-11H2,1-6H3;11-13H,7-10H2,1-6H3/t12-,13-,14?;11-,12-,13-/m00/s1. The summed E-state index contributed by atoms with van der Waals surface area (Å²) >= 11 is 0. The maximum absolute atomic E-state index is 12.8. The predicted octanol–water partition coefficient (Wildman–Crippen LogP) is 7.68. The van der Waals surface area contributed by atoms with Crippen LogP contribution in [0.15, 0.2) is 0 Å². The third-order valence-electron chi connectivity index (χ3n) is 9.56. The summed E-state index contributed by atoms with van der Waals surface area (Å²) in [6.07, 6.45) is 11.5. The highest BCUT2D eigenvalue weighted by molar-refractivity contribution is 5.89. The van der Waals surface area contributed by atoms with Gasteiger partial charge in [0.1, 0.15) is 0 Å². The number of likely N-dealkylation sites (tertiary alicyclic amines) is 2. The highest BCUT2D eigenvalue weighted by Crippen LogP contribution is 2.47. The van der Waals surface area contributed by atoms with Crippen LogP contribution in [0.5, 0.6) is 0 Å². The molecule has 4 nitrogen and oxygen atoms in total. The Kier molecular flexibility index (Phi) is 8.89. The fourth-order valence-corrected chi connectivity index (χ4v) is 8.15. The molecule has 37 heavy (non-hydrogen) atoms. The maximum atomic E-state index is 12.8. The molecule has 0 aromatic heterocycles. The number of carbonyl (C=O) groups excluding carboxylic acids is 2. The minimum Gasteiger partial charge on any atom is -0.297 e. The number of carbonyl (C=O) groups is 2. The summed E-state index contributed by atoms with van der Waals surface area (Å²) in [5.74, 6) is 2.40. The van der Waals surface area contributed by atoms with E-state index in [-0.39, 0.29) is 34.0 Å². The number of nitrogens with zero attached hydrogens (tertiary/aromatic N) is 2. The van der Waals surface area contributed by atoms with E-state index in [9.17, 15) is 9.59 Å². The van der Waals surface area contributed by atoms with Crippen LogP contribution in [-0.2, 0) is 9.59 Å². The van der Waals surface area contributed by atoms with Gasteiger partial charge in [-0.1, -0.05) is 60.8 Å². The normalized spacial score (nSPS) is 33.5. The van der Waals surface area contributed by atoms with Crippen molar-refractivity contribution in [3.05, 3.63) is 0 Å². The molecule has 4 fully saturated rings. The largest absolute Gasteiger partial charge is 0.297 e. The lowest BCUT2D eigenvalue weighted by Crippen LogP contribution is -2.54. The van der Waals surface area contributed by atoms with E-state index in [0.717, 1.165) is 24.7 Å². The fraction of sp³-hybridized carbons (Fsp3) is 0.939. The lowest BCUT2D eigenvalue weighted by atomic mass is 9.82. The topological polar surface area (TPSA) is 40.6 Å². The van der Waals surface area contributed by atoms with Gasteiger partial charge in [-0.3, -0.25) is 19.4 Å². The molecule has 2 aliphatic heterocycles. The van der Waals surface area contributed by atoms with E-state index < -0.39 is 0 Å². The van der Waals surface area contributed by atoms with Crippen LogP contribution in [0.3, 0.4) is 0 Å². The van der Waals surface area contributed by atoms with Crippen LogP contribution in [0.4, 0.5) is 0 Å². The summed E-state index contributed by atoms with van der Waals surface area (Å²) in [6, 6.07) is 1.60. The van der Waals surface area contributed by atoms with Gasteiger partial charge in [0, 0.05) is 34.0 Å². The van der Waals surface area contributed by atoms with Gasteiger partial charge in [-0.25, -0.2) is 0 Å². The summed E-state index contributed by atoms with van der Waals surface area (Å²) in [4.78, 5) is 30.6. The molecule has 1 unspecified atom stereocenters. The molecule has 214 valence electrons. The highest BCUT2D eigenvalue weighted by atomic mass is 16.1. The molecule has 0 bridgehead atoms. The molecule has 0 N–H and O–H groups in total. The second-order valence-corrected chi connectivity index (χ2v) is 16.8. The van der Waals surface area contributed by atoms with Crippen LogP contribution in [0.25, 0.3) is 0 Å². The Bertz CT molecular complexity index is 819. The van der Waals surface area contributed by atoms with Crippen molar-refractivity contribution in [2.45, 2.75) is 176 Å². The van der Waals surface area contributed by atoms with Crippen LogP contribution in [0.2, 0.25) is 0 Å². The SMILES string of the molecule is CC(C)(C)C(=O)C1C[C@@H]2CCCC[C@@H]2N1C(C)(C)C.CC(C)(C)C(=O)[C@@H]1C[C@@H]2CCC[C@@H]2N1C(C)(C)C. The molecule has 2 saturated heterocycles. The van der Waals surface area contributed by atoms with Crippen molar-refractivity contribution < 1.29 is 9.59 Å². The smallest absolute Gasteiger partial charge is 0.155 e. The molecule has 0 radical (unpaired) electrons. The first kappa shape index (κ1) is 30.8. The van der Waals surface area contributed by atoms with Crippen LogP contribution < -0.4 is 0 Å². The molecule has 4 aliphatic rings. The molecule has 4 heteroatoms. The molecule has 2 aliphatic carbocycles. The Morgan fingerprint density at radius 2 is 0.838 bits per heavy atom. The summed E-state index contributed by atoms with van der Waals surface area (Å²) < 4.78 is 0. The van der Waals surface area contributed by atoms with Crippen molar-refractivity contribution in [3.8, 4) is 0 Å². The van der Waals surface area contributed by atoms with Crippen molar-refractivity contribution in [2.24, 2.45) is 22.7 Å². The third-order valence-corrected chi connectivity index (χ3v) is 9.56. The number of Topliss-reactive ketones (excluding diaryl/α,β-unsaturated/α-hetero) is 2. The summed E-state index contributed by atoms with van der Waals surface area (Å²) in [5.41, 5.74) is -0.230. The van der Waals surface area contributed by atoms with Gasteiger partial charge < -0.3 is 0 Å². The van der Waals surface area contributed by atoms with Gasteiger partial charge in [-0.15, -0.1) is 0 Å². The first-order chi connectivity index (χ1) is 16.7. The number of rotatable bonds is 2. The van der Waals surface area contributed by atoms with E-state index in [4.69, 9.17) is 0 Å². The average Bonchev–Trinajstić information content (AvgIpc) is 3.42. The third kappa shape index (κ3) is 6.71. The molecule has 2 saturated carbocycles. The van der Waals surface area contributed by atoms with Gasteiger partial charge in [-0.2, -0.15) is 0 Å². The molecule has 4 rings (SSSR count). The Hall–Kier alpha value is -0.740. The monoisotopic (exact) mass is 516 g/mol. The Morgan fingerprint density at radius 3 is 1.19 bits per heavy atom. The fourth-order valence-electron chi connectivity index (χ4n) is 8.15. The van der Waals surface area contributed by atoms with E-state index in [1.54, 1.807) is 0 Å². The number of fused-ring (bicyclic) bond motifs is 2. The minimum absolute atomic E-state index is 0.0995. The van der Waals surface area contributed by atoms with E-state index in [0.29, 0.717) is 23.7 Å². The molecular weight excluding hydrogens is 456 g/mol. The zero-order valence-corrected chi connectivity index (χ0v) is 26.5. The summed E-state index contributed by atoms with van der Waals surface area (Å²) in [7, 11) is 0. The van der Waals surface area contributed by atoms with Gasteiger partial charge in [0.15, 0.2) is 11.6 Å². The molecule has 0 aromatic rings. The Morgan fingerprint density at radius 1 is 0.514 bits per heavy atom.